The van der Waals surface area contributed by atoms with Gasteiger partial charge in [0.05, 0.1) is 0 Å². The molecule has 14 heavy (non-hydrogen) atoms. The molecule has 1 atom stereocenters. The molecular weight excluding hydrogens is 174 g/mol. The van der Waals surface area contributed by atoms with E-state index in [0.717, 1.165) is 24.7 Å². The van der Waals surface area contributed by atoms with Gasteiger partial charge in [0.25, 0.3) is 0 Å². The van der Waals surface area contributed by atoms with Gasteiger partial charge in [-0.05, 0) is 51.3 Å². The minimum absolute atomic E-state index is 0.762. The molecule has 1 saturated heterocycles. The fourth-order valence-corrected chi connectivity index (χ4v) is 2.01. The highest BCUT2D eigenvalue weighted by Gasteiger charge is 2.13. The van der Waals surface area contributed by atoms with Crippen LogP contribution in [0.15, 0.2) is 12.3 Å². The maximum atomic E-state index is 4.43. The second-order valence-electron chi connectivity index (χ2n) is 4.01. The van der Waals surface area contributed by atoms with Crippen LogP contribution in [0.1, 0.15) is 24.4 Å². The van der Waals surface area contributed by atoms with Crippen LogP contribution in [-0.4, -0.2) is 23.1 Å². The number of aryl methyl sites for hydroxylation is 1. The number of rotatable bonds is 2. The molecule has 1 fully saturated rings. The fraction of sp³-hybridized carbons (Fsp3) is 0.636. The topological polar surface area (TPSA) is 37.8 Å². The van der Waals surface area contributed by atoms with Crippen LogP contribution >= 0.6 is 0 Å². The highest BCUT2D eigenvalue weighted by Crippen LogP contribution is 2.14. The van der Waals surface area contributed by atoms with Crippen molar-refractivity contribution in [3.05, 3.63) is 23.8 Å². The molecule has 1 aromatic rings. The first-order valence-corrected chi connectivity index (χ1v) is 5.34. The quantitative estimate of drug-likeness (QED) is 0.766. The average molecular weight is 191 g/mol. The first-order chi connectivity index (χ1) is 6.84. The van der Waals surface area contributed by atoms with Crippen molar-refractivity contribution < 1.29 is 0 Å². The molecule has 0 saturated carbocycles. The predicted octanol–water partition coefficient (Wildman–Crippen LogP) is 1.33. The Morgan fingerprint density at radius 3 is 3.21 bits per heavy atom. The van der Waals surface area contributed by atoms with Gasteiger partial charge >= 0.3 is 0 Å². The summed E-state index contributed by atoms with van der Waals surface area (Å²) < 4.78 is 0. The van der Waals surface area contributed by atoms with Crippen LogP contribution in [0.3, 0.4) is 0 Å². The molecule has 0 radical (unpaired) electrons. The van der Waals surface area contributed by atoms with E-state index in [2.05, 4.69) is 15.3 Å². The number of hydrogen-bond donors (Lipinski definition) is 1. The molecule has 0 bridgehead atoms. The summed E-state index contributed by atoms with van der Waals surface area (Å²) in [5.74, 6) is 1.64. The number of hydrogen-bond acceptors (Lipinski definition) is 3. The first-order valence-electron chi connectivity index (χ1n) is 5.34. The van der Waals surface area contributed by atoms with Crippen molar-refractivity contribution in [1.29, 1.82) is 0 Å². The van der Waals surface area contributed by atoms with Crippen molar-refractivity contribution in [2.45, 2.75) is 26.2 Å². The molecule has 2 rings (SSSR count). The Kier molecular flexibility index (Phi) is 3.09. The predicted molar refractivity (Wildman–Crippen MR) is 56.1 cm³/mol. The highest BCUT2D eigenvalue weighted by atomic mass is 14.9. The molecule has 0 aromatic carbocycles. The Balaban J connectivity index is 1.95. The Morgan fingerprint density at radius 2 is 2.50 bits per heavy atom. The third-order valence-corrected chi connectivity index (χ3v) is 2.73. The maximum absolute atomic E-state index is 4.43. The molecule has 1 aliphatic heterocycles. The summed E-state index contributed by atoms with van der Waals surface area (Å²) >= 11 is 0. The summed E-state index contributed by atoms with van der Waals surface area (Å²) in [6.45, 7) is 4.27. The van der Waals surface area contributed by atoms with Gasteiger partial charge in [-0.3, -0.25) is 0 Å². The zero-order valence-electron chi connectivity index (χ0n) is 8.66. The van der Waals surface area contributed by atoms with Crippen LogP contribution in [0.5, 0.6) is 0 Å². The van der Waals surface area contributed by atoms with Gasteiger partial charge in [0.15, 0.2) is 0 Å². The molecule has 1 N–H and O–H groups in total. The largest absolute Gasteiger partial charge is 0.316 e. The van der Waals surface area contributed by atoms with Crippen LogP contribution in [0.2, 0.25) is 0 Å². The Hall–Kier alpha value is -0.960. The van der Waals surface area contributed by atoms with E-state index in [9.17, 15) is 0 Å². The van der Waals surface area contributed by atoms with E-state index in [-0.39, 0.29) is 0 Å². The van der Waals surface area contributed by atoms with E-state index in [1.165, 1.54) is 25.1 Å². The molecule has 1 unspecified atom stereocenters. The van der Waals surface area contributed by atoms with E-state index in [0.29, 0.717) is 0 Å². The van der Waals surface area contributed by atoms with Gasteiger partial charge in [0.1, 0.15) is 5.82 Å². The molecule has 0 aliphatic carbocycles. The van der Waals surface area contributed by atoms with Gasteiger partial charge < -0.3 is 5.32 Å². The van der Waals surface area contributed by atoms with Gasteiger partial charge in [-0.15, -0.1) is 0 Å². The van der Waals surface area contributed by atoms with Crippen molar-refractivity contribution >= 4 is 0 Å². The van der Waals surface area contributed by atoms with E-state index in [4.69, 9.17) is 0 Å². The number of nitrogens with one attached hydrogen (secondary N) is 1. The summed E-state index contributed by atoms with van der Waals surface area (Å²) in [6.07, 6.45) is 5.58. The summed E-state index contributed by atoms with van der Waals surface area (Å²) in [5, 5.41) is 3.43. The van der Waals surface area contributed by atoms with Crippen molar-refractivity contribution in [3.63, 3.8) is 0 Å². The molecule has 76 valence electrons. The van der Waals surface area contributed by atoms with E-state index in [1.54, 1.807) is 0 Å². The molecule has 1 aromatic heterocycles. The van der Waals surface area contributed by atoms with Crippen LogP contribution < -0.4 is 5.32 Å². The number of piperidine rings is 1. The second-order valence-corrected chi connectivity index (χ2v) is 4.01. The van der Waals surface area contributed by atoms with Crippen LogP contribution in [0, 0.1) is 12.8 Å². The van der Waals surface area contributed by atoms with E-state index < -0.39 is 0 Å². The maximum Gasteiger partial charge on any atom is 0.125 e. The summed E-state index contributed by atoms with van der Waals surface area (Å²) in [5.41, 5.74) is 1.19. The second kappa shape index (κ2) is 4.51. The lowest BCUT2D eigenvalue weighted by Gasteiger charge is -2.22. The Bertz CT molecular complexity index is 292. The molecule has 3 heteroatoms. The molecule has 0 spiro atoms. The number of aromatic nitrogens is 2. The van der Waals surface area contributed by atoms with Crippen LogP contribution in [-0.2, 0) is 6.42 Å². The molecular formula is C11H17N3. The Labute approximate surface area is 85.0 Å². The number of nitrogens with zero attached hydrogens (tertiary/aromatic N) is 2. The fourth-order valence-electron chi connectivity index (χ4n) is 2.01. The van der Waals surface area contributed by atoms with Crippen LogP contribution in [0.4, 0.5) is 0 Å². The van der Waals surface area contributed by atoms with Crippen molar-refractivity contribution in [1.82, 2.24) is 15.3 Å². The third-order valence-electron chi connectivity index (χ3n) is 2.73. The van der Waals surface area contributed by atoms with Gasteiger partial charge in [-0.1, -0.05) is 0 Å². The lowest BCUT2D eigenvalue weighted by molar-refractivity contribution is 0.373. The van der Waals surface area contributed by atoms with E-state index >= 15 is 0 Å². The summed E-state index contributed by atoms with van der Waals surface area (Å²) in [6, 6.07) is 2.03. The van der Waals surface area contributed by atoms with Gasteiger partial charge in [0, 0.05) is 11.9 Å². The van der Waals surface area contributed by atoms with Crippen LogP contribution in [0.25, 0.3) is 0 Å². The third kappa shape index (κ3) is 2.51. The van der Waals surface area contributed by atoms with Gasteiger partial charge in [0.2, 0.25) is 0 Å². The smallest absolute Gasteiger partial charge is 0.125 e. The zero-order chi connectivity index (χ0) is 9.80. The molecule has 0 amide bonds. The lowest BCUT2D eigenvalue weighted by atomic mass is 9.95. The minimum Gasteiger partial charge on any atom is -0.316 e. The van der Waals surface area contributed by atoms with Crippen molar-refractivity contribution in [3.8, 4) is 0 Å². The SMILES string of the molecule is Cc1nccc(CC2CCCNC2)n1. The monoisotopic (exact) mass is 191 g/mol. The van der Waals surface area contributed by atoms with E-state index in [1.807, 2.05) is 19.2 Å². The van der Waals surface area contributed by atoms with Gasteiger partial charge in [-0.25, -0.2) is 9.97 Å². The average Bonchev–Trinajstić information content (AvgIpc) is 2.19. The highest BCUT2D eigenvalue weighted by molar-refractivity contribution is 5.03. The molecule has 2 heterocycles. The molecule has 3 nitrogen and oxygen atoms in total. The summed E-state index contributed by atoms with van der Waals surface area (Å²) in [7, 11) is 0. The minimum atomic E-state index is 0.762. The standard InChI is InChI=1S/C11H17N3/c1-9-13-6-4-11(14-9)7-10-3-2-5-12-8-10/h4,6,10,12H,2-3,5,7-8H2,1H3. The molecule has 1 aliphatic rings. The van der Waals surface area contributed by atoms with Crippen molar-refractivity contribution in [2.75, 3.05) is 13.1 Å². The first kappa shape index (κ1) is 9.59. The zero-order valence-corrected chi connectivity index (χ0v) is 8.66. The summed E-state index contributed by atoms with van der Waals surface area (Å²) in [4.78, 5) is 8.53. The lowest BCUT2D eigenvalue weighted by Crippen LogP contribution is -2.31. The van der Waals surface area contributed by atoms with Gasteiger partial charge in [-0.2, -0.15) is 0 Å². The van der Waals surface area contributed by atoms with Crippen molar-refractivity contribution in [2.24, 2.45) is 5.92 Å². The normalized spacial score (nSPS) is 22.2. The Morgan fingerprint density at radius 1 is 1.57 bits per heavy atom.